The van der Waals surface area contributed by atoms with Crippen molar-refractivity contribution >= 4 is 5.97 Å². The normalized spacial score (nSPS) is 10.6. The minimum absolute atomic E-state index is 0.160. The van der Waals surface area contributed by atoms with E-state index in [-0.39, 0.29) is 18.2 Å². The molecule has 0 saturated carbocycles. The summed E-state index contributed by atoms with van der Waals surface area (Å²) < 4.78 is 10.5. The Morgan fingerprint density at radius 1 is 1.21 bits per heavy atom. The first-order valence-corrected chi connectivity index (χ1v) is 7.41. The van der Waals surface area contributed by atoms with Crippen LogP contribution in [0.1, 0.15) is 18.1 Å². The molecule has 0 amide bonds. The highest BCUT2D eigenvalue weighted by molar-refractivity contribution is 5.74. The number of hydrogen-bond donors (Lipinski definition) is 1. The smallest absolute Gasteiger partial charge is 0.308 e. The lowest BCUT2D eigenvalue weighted by molar-refractivity contribution is -0.131. The van der Waals surface area contributed by atoms with Gasteiger partial charge in [0, 0.05) is 12.5 Å². The summed E-state index contributed by atoms with van der Waals surface area (Å²) in [5, 5.41) is 13.3. The van der Waals surface area contributed by atoms with E-state index < -0.39 is 5.97 Å². The Morgan fingerprint density at radius 3 is 2.71 bits per heavy atom. The number of aromatic nitrogens is 2. The van der Waals surface area contributed by atoms with Crippen molar-refractivity contribution < 1.29 is 19.2 Å². The summed E-state index contributed by atoms with van der Waals surface area (Å²) in [6.45, 7) is 3.11. The third kappa shape index (κ3) is 3.18. The molecule has 0 unspecified atom stereocenters. The van der Waals surface area contributed by atoms with Crippen molar-refractivity contribution in [3.05, 3.63) is 53.6 Å². The second-order valence-corrected chi connectivity index (χ2v) is 5.32. The second-order valence-electron chi connectivity index (χ2n) is 5.32. The van der Waals surface area contributed by atoms with E-state index in [4.69, 9.17) is 9.26 Å². The van der Waals surface area contributed by atoms with Crippen molar-refractivity contribution in [1.82, 2.24) is 10.1 Å². The van der Waals surface area contributed by atoms with Crippen LogP contribution in [0.3, 0.4) is 0 Å². The molecule has 0 radical (unpaired) electrons. The average molecular weight is 324 g/mol. The van der Waals surface area contributed by atoms with E-state index in [2.05, 4.69) is 10.1 Å². The quantitative estimate of drug-likeness (QED) is 0.586. The Labute approximate surface area is 138 Å². The topological polar surface area (TPSA) is 85.5 Å². The Morgan fingerprint density at radius 2 is 2.00 bits per heavy atom. The molecule has 0 saturated heterocycles. The predicted octanol–water partition coefficient (Wildman–Crippen LogP) is 3.13. The molecule has 0 spiro atoms. The fourth-order valence-corrected chi connectivity index (χ4v) is 2.35. The average Bonchev–Trinajstić information content (AvgIpc) is 3.04. The van der Waals surface area contributed by atoms with E-state index in [9.17, 15) is 9.90 Å². The minimum atomic E-state index is -0.468. The van der Waals surface area contributed by atoms with Gasteiger partial charge in [-0.2, -0.15) is 4.98 Å². The molecule has 0 atom stereocenters. The molecule has 24 heavy (non-hydrogen) atoms. The molecule has 1 N–H and O–H groups in total. The van der Waals surface area contributed by atoms with Crippen molar-refractivity contribution in [2.75, 3.05) is 0 Å². The predicted molar refractivity (Wildman–Crippen MR) is 87.1 cm³/mol. The van der Waals surface area contributed by atoms with Crippen LogP contribution in [0.4, 0.5) is 0 Å². The molecule has 2 aromatic carbocycles. The Kier molecular flexibility index (Phi) is 4.39. The van der Waals surface area contributed by atoms with Crippen LogP contribution < -0.4 is 4.74 Å². The highest BCUT2D eigenvalue weighted by Gasteiger charge is 2.17. The molecular weight excluding hydrogens is 308 g/mol. The van der Waals surface area contributed by atoms with Gasteiger partial charge in [0.15, 0.2) is 0 Å². The number of aliphatic hydroxyl groups is 1. The number of ether oxygens (including phenoxy) is 1. The van der Waals surface area contributed by atoms with E-state index in [0.717, 1.165) is 11.1 Å². The third-order valence-electron chi connectivity index (χ3n) is 3.52. The van der Waals surface area contributed by atoms with Crippen LogP contribution in [0.15, 0.2) is 47.0 Å². The van der Waals surface area contributed by atoms with E-state index in [1.807, 2.05) is 31.2 Å². The molecule has 3 aromatic rings. The number of nitrogens with zero attached hydrogens (tertiary/aromatic N) is 2. The summed E-state index contributed by atoms with van der Waals surface area (Å²) in [5.74, 6) is 0.510. The van der Waals surface area contributed by atoms with Crippen molar-refractivity contribution in [3.63, 3.8) is 0 Å². The molecule has 0 bridgehead atoms. The molecule has 1 heterocycles. The van der Waals surface area contributed by atoms with Crippen LogP contribution in [0.25, 0.3) is 22.8 Å². The number of hydrogen-bond acceptors (Lipinski definition) is 6. The first-order valence-electron chi connectivity index (χ1n) is 7.41. The monoisotopic (exact) mass is 324 g/mol. The molecule has 3 rings (SSSR count). The van der Waals surface area contributed by atoms with Gasteiger partial charge >= 0.3 is 5.97 Å². The van der Waals surface area contributed by atoms with E-state index >= 15 is 0 Å². The number of aryl methyl sites for hydroxylation is 1. The zero-order chi connectivity index (χ0) is 17.1. The zero-order valence-corrected chi connectivity index (χ0v) is 13.3. The largest absolute Gasteiger partial charge is 0.426 e. The maximum atomic E-state index is 11.3. The highest BCUT2D eigenvalue weighted by Crippen LogP contribution is 2.32. The molecule has 6 nitrogen and oxygen atoms in total. The SMILES string of the molecule is CC(=O)Oc1cc(CO)ccc1-c1nc(-c2ccccc2C)no1. The van der Waals surface area contributed by atoms with Gasteiger partial charge in [-0.1, -0.05) is 35.5 Å². The highest BCUT2D eigenvalue weighted by atomic mass is 16.5. The van der Waals surface area contributed by atoms with Gasteiger partial charge in [-0.3, -0.25) is 4.79 Å². The number of esters is 1. The van der Waals surface area contributed by atoms with Gasteiger partial charge in [0.2, 0.25) is 5.82 Å². The first kappa shape index (κ1) is 15.9. The third-order valence-corrected chi connectivity index (χ3v) is 3.52. The Hall–Kier alpha value is -2.99. The maximum absolute atomic E-state index is 11.3. The van der Waals surface area contributed by atoms with Gasteiger partial charge in [0.25, 0.3) is 5.89 Å². The van der Waals surface area contributed by atoms with Crippen molar-refractivity contribution in [1.29, 1.82) is 0 Å². The van der Waals surface area contributed by atoms with Gasteiger partial charge in [-0.05, 0) is 30.2 Å². The maximum Gasteiger partial charge on any atom is 0.308 e. The number of carbonyl (C=O) groups is 1. The standard InChI is InChI=1S/C18H16N2O4/c1-11-5-3-4-6-14(11)17-19-18(24-20-17)15-8-7-13(10-21)9-16(15)23-12(2)22/h3-9,21H,10H2,1-2H3. The summed E-state index contributed by atoms with van der Waals surface area (Å²) >= 11 is 0. The van der Waals surface area contributed by atoms with Gasteiger partial charge in [0.05, 0.1) is 12.2 Å². The Bertz CT molecular complexity index is 886. The van der Waals surface area contributed by atoms with Crippen LogP contribution >= 0.6 is 0 Å². The second kappa shape index (κ2) is 6.64. The lowest BCUT2D eigenvalue weighted by Crippen LogP contribution is -2.03. The fraction of sp³-hybridized carbons (Fsp3) is 0.167. The van der Waals surface area contributed by atoms with E-state index in [1.165, 1.54) is 6.92 Å². The van der Waals surface area contributed by atoms with Gasteiger partial charge < -0.3 is 14.4 Å². The summed E-state index contributed by atoms with van der Waals surface area (Å²) in [7, 11) is 0. The van der Waals surface area contributed by atoms with E-state index in [0.29, 0.717) is 17.0 Å². The summed E-state index contributed by atoms with van der Waals surface area (Å²) in [5.41, 5.74) is 3.01. The number of benzene rings is 2. The van der Waals surface area contributed by atoms with Gasteiger partial charge in [-0.15, -0.1) is 0 Å². The lowest BCUT2D eigenvalue weighted by Gasteiger charge is -2.07. The summed E-state index contributed by atoms with van der Waals surface area (Å²) in [6, 6.07) is 12.7. The first-order chi connectivity index (χ1) is 11.6. The number of aliphatic hydroxyl groups excluding tert-OH is 1. The zero-order valence-electron chi connectivity index (χ0n) is 13.3. The molecule has 6 heteroatoms. The van der Waals surface area contributed by atoms with Crippen molar-refractivity contribution in [3.8, 4) is 28.6 Å². The fourth-order valence-electron chi connectivity index (χ4n) is 2.35. The van der Waals surface area contributed by atoms with Gasteiger partial charge in [0.1, 0.15) is 5.75 Å². The van der Waals surface area contributed by atoms with Crippen molar-refractivity contribution in [2.24, 2.45) is 0 Å². The summed E-state index contributed by atoms with van der Waals surface area (Å²) in [6.07, 6.45) is 0. The van der Waals surface area contributed by atoms with Gasteiger partial charge in [-0.25, -0.2) is 0 Å². The molecule has 0 fully saturated rings. The van der Waals surface area contributed by atoms with Crippen molar-refractivity contribution in [2.45, 2.75) is 20.5 Å². The molecule has 122 valence electrons. The molecule has 1 aromatic heterocycles. The van der Waals surface area contributed by atoms with Crippen LogP contribution in [-0.4, -0.2) is 21.2 Å². The van der Waals surface area contributed by atoms with Crippen LogP contribution in [-0.2, 0) is 11.4 Å². The molecular formula is C18H16N2O4. The number of carbonyl (C=O) groups excluding carboxylic acids is 1. The van der Waals surface area contributed by atoms with Crippen LogP contribution in [0.5, 0.6) is 5.75 Å². The molecule has 0 aliphatic carbocycles. The lowest BCUT2D eigenvalue weighted by atomic mass is 10.1. The van der Waals surface area contributed by atoms with Crippen LogP contribution in [0, 0.1) is 6.92 Å². The summed E-state index contributed by atoms with van der Waals surface area (Å²) in [4.78, 5) is 15.7. The number of rotatable bonds is 4. The molecule has 0 aliphatic rings. The molecule has 0 aliphatic heterocycles. The minimum Gasteiger partial charge on any atom is -0.426 e. The Balaban J connectivity index is 2.04. The van der Waals surface area contributed by atoms with E-state index in [1.54, 1.807) is 18.2 Å². The van der Waals surface area contributed by atoms with Crippen LogP contribution in [0.2, 0.25) is 0 Å².